The van der Waals surface area contributed by atoms with Gasteiger partial charge in [-0.05, 0) is 43.3 Å². The van der Waals surface area contributed by atoms with E-state index in [2.05, 4.69) is 31.2 Å². The van der Waals surface area contributed by atoms with Gasteiger partial charge in [0.1, 0.15) is 5.82 Å². The van der Waals surface area contributed by atoms with Crippen LogP contribution < -0.4 is 0 Å². The van der Waals surface area contributed by atoms with Crippen molar-refractivity contribution in [1.29, 1.82) is 0 Å². The number of benzene rings is 2. The van der Waals surface area contributed by atoms with Crippen molar-refractivity contribution < 1.29 is 4.39 Å². The second kappa shape index (κ2) is 4.49. The van der Waals surface area contributed by atoms with Crippen molar-refractivity contribution in [2.75, 3.05) is 0 Å². The fourth-order valence-corrected chi connectivity index (χ4v) is 2.06. The Labute approximate surface area is 93.1 Å². The van der Waals surface area contributed by atoms with E-state index < -0.39 is 0 Å². The molecule has 0 saturated heterocycles. The summed E-state index contributed by atoms with van der Waals surface area (Å²) < 4.78 is 12.7. The van der Waals surface area contributed by atoms with Crippen LogP contribution in [-0.4, -0.2) is 0 Å². The van der Waals surface area contributed by atoms with Crippen LogP contribution in [0.3, 0.4) is 0 Å². The van der Waals surface area contributed by atoms with Crippen LogP contribution in [0.1, 0.15) is 5.56 Å². The lowest BCUT2D eigenvalue weighted by Gasteiger charge is -2.01. The average Bonchev–Trinajstić information content (AvgIpc) is 2.25. The second-order valence-corrected chi connectivity index (χ2v) is 4.52. The summed E-state index contributed by atoms with van der Waals surface area (Å²) in [5, 5.41) is 0. The zero-order valence-corrected chi connectivity index (χ0v) is 9.22. The number of rotatable bonds is 2. The minimum atomic E-state index is -0.191. The molecule has 0 atom stereocenters. The van der Waals surface area contributed by atoms with Gasteiger partial charge < -0.3 is 0 Å². The Balaban J connectivity index is 2.15. The third kappa shape index (κ3) is 2.83. The molecule has 15 heavy (non-hydrogen) atoms. The smallest absolute Gasteiger partial charge is 0.123 e. The molecule has 0 nitrogen and oxygen atoms in total. The highest BCUT2D eigenvalue weighted by Gasteiger charge is 1.97. The second-order valence-electron chi connectivity index (χ2n) is 3.37. The molecule has 0 heterocycles. The lowest BCUT2D eigenvalue weighted by Crippen LogP contribution is -1.76. The first-order chi connectivity index (χ1) is 7.24. The average molecular weight is 218 g/mol. The molecule has 0 spiro atoms. The maximum atomic E-state index is 12.7. The summed E-state index contributed by atoms with van der Waals surface area (Å²) in [4.78, 5) is 2.23. The van der Waals surface area contributed by atoms with Crippen LogP contribution in [0.15, 0.2) is 58.3 Å². The van der Waals surface area contributed by atoms with E-state index in [0.717, 1.165) is 4.90 Å². The third-order valence-electron chi connectivity index (χ3n) is 2.07. The van der Waals surface area contributed by atoms with Gasteiger partial charge >= 0.3 is 0 Å². The van der Waals surface area contributed by atoms with Gasteiger partial charge in [0, 0.05) is 9.79 Å². The molecule has 0 aliphatic rings. The van der Waals surface area contributed by atoms with Crippen molar-refractivity contribution in [3.63, 3.8) is 0 Å². The standard InChI is InChI=1S/C13H11FS/c1-10-2-6-12(7-3-10)15-13-8-4-11(14)5-9-13/h2-9H,1H3. The topological polar surface area (TPSA) is 0 Å². The number of hydrogen-bond acceptors (Lipinski definition) is 1. The Kier molecular flexibility index (Phi) is 3.07. The van der Waals surface area contributed by atoms with Crippen LogP contribution >= 0.6 is 11.8 Å². The Bertz CT molecular complexity index is 388. The normalized spacial score (nSPS) is 10.3. The molecule has 0 fully saturated rings. The number of hydrogen-bond donors (Lipinski definition) is 0. The van der Waals surface area contributed by atoms with Crippen molar-refractivity contribution >= 4 is 11.8 Å². The van der Waals surface area contributed by atoms with Crippen LogP contribution in [-0.2, 0) is 0 Å². The molecule has 2 aromatic rings. The highest BCUT2D eigenvalue weighted by molar-refractivity contribution is 7.99. The SMILES string of the molecule is Cc1ccc(Sc2ccc(F)cc2)cc1. The van der Waals surface area contributed by atoms with Crippen molar-refractivity contribution in [3.05, 3.63) is 59.9 Å². The van der Waals surface area contributed by atoms with E-state index in [1.165, 1.54) is 22.6 Å². The Morgan fingerprint density at radius 2 is 1.27 bits per heavy atom. The fraction of sp³-hybridized carbons (Fsp3) is 0.0769. The van der Waals surface area contributed by atoms with Gasteiger partial charge in [0.15, 0.2) is 0 Å². The molecule has 0 aliphatic heterocycles. The van der Waals surface area contributed by atoms with E-state index in [0.29, 0.717) is 0 Å². The van der Waals surface area contributed by atoms with Gasteiger partial charge in [-0.3, -0.25) is 0 Å². The highest BCUT2D eigenvalue weighted by Crippen LogP contribution is 2.27. The molecule has 2 aromatic carbocycles. The first-order valence-corrected chi connectivity index (χ1v) is 5.56. The van der Waals surface area contributed by atoms with E-state index in [-0.39, 0.29) is 5.82 Å². The molecule has 2 heteroatoms. The Morgan fingerprint density at radius 3 is 1.80 bits per heavy atom. The molecule has 0 aliphatic carbocycles. The molecule has 0 radical (unpaired) electrons. The van der Waals surface area contributed by atoms with Crippen molar-refractivity contribution in [2.45, 2.75) is 16.7 Å². The van der Waals surface area contributed by atoms with Gasteiger partial charge in [0.05, 0.1) is 0 Å². The van der Waals surface area contributed by atoms with Gasteiger partial charge in [0.25, 0.3) is 0 Å². The molecule has 0 amide bonds. The minimum absolute atomic E-state index is 0.191. The van der Waals surface area contributed by atoms with Gasteiger partial charge in [-0.2, -0.15) is 0 Å². The monoisotopic (exact) mass is 218 g/mol. The molecule has 0 saturated carbocycles. The van der Waals surface area contributed by atoms with E-state index in [4.69, 9.17) is 0 Å². The van der Waals surface area contributed by atoms with E-state index >= 15 is 0 Å². The van der Waals surface area contributed by atoms with E-state index in [1.54, 1.807) is 23.9 Å². The van der Waals surface area contributed by atoms with Crippen molar-refractivity contribution in [3.8, 4) is 0 Å². The first-order valence-electron chi connectivity index (χ1n) is 4.74. The molecule has 0 unspecified atom stereocenters. The summed E-state index contributed by atoms with van der Waals surface area (Å²) in [7, 11) is 0. The van der Waals surface area contributed by atoms with Gasteiger partial charge in [-0.1, -0.05) is 29.5 Å². The van der Waals surface area contributed by atoms with Crippen molar-refractivity contribution in [1.82, 2.24) is 0 Å². The molecular weight excluding hydrogens is 207 g/mol. The van der Waals surface area contributed by atoms with Crippen LogP contribution in [0.2, 0.25) is 0 Å². The summed E-state index contributed by atoms with van der Waals surface area (Å²) in [5.74, 6) is -0.191. The molecule has 76 valence electrons. The maximum absolute atomic E-state index is 12.7. The van der Waals surface area contributed by atoms with Gasteiger partial charge in [-0.25, -0.2) is 4.39 Å². The quantitative estimate of drug-likeness (QED) is 0.724. The fourth-order valence-electron chi connectivity index (χ4n) is 1.25. The molecule has 0 bridgehead atoms. The lowest BCUT2D eigenvalue weighted by molar-refractivity contribution is 0.626. The summed E-state index contributed by atoms with van der Waals surface area (Å²) >= 11 is 1.64. The summed E-state index contributed by atoms with van der Waals surface area (Å²) in [5.41, 5.74) is 1.25. The molecule has 2 rings (SSSR count). The predicted octanol–water partition coefficient (Wildman–Crippen LogP) is 4.29. The Morgan fingerprint density at radius 1 is 0.800 bits per heavy atom. The predicted molar refractivity (Wildman–Crippen MR) is 61.7 cm³/mol. The lowest BCUT2D eigenvalue weighted by atomic mass is 10.2. The number of halogens is 1. The summed E-state index contributed by atoms with van der Waals surface area (Å²) in [6.45, 7) is 2.06. The first kappa shape index (κ1) is 10.2. The van der Waals surface area contributed by atoms with E-state index in [9.17, 15) is 4.39 Å². The number of aryl methyl sites for hydroxylation is 1. The van der Waals surface area contributed by atoms with Gasteiger partial charge in [0.2, 0.25) is 0 Å². The van der Waals surface area contributed by atoms with E-state index in [1.807, 2.05) is 0 Å². The largest absolute Gasteiger partial charge is 0.207 e. The summed E-state index contributed by atoms with van der Waals surface area (Å²) in [6, 6.07) is 14.8. The zero-order chi connectivity index (χ0) is 10.7. The Hall–Kier alpha value is -1.28. The van der Waals surface area contributed by atoms with Gasteiger partial charge in [-0.15, -0.1) is 0 Å². The molecule has 0 N–H and O–H groups in total. The molecular formula is C13H11FS. The maximum Gasteiger partial charge on any atom is 0.123 e. The van der Waals surface area contributed by atoms with Crippen LogP contribution in [0.25, 0.3) is 0 Å². The van der Waals surface area contributed by atoms with Crippen LogP contribution in [0.4, 0.5) is 4.39 Å². The molecule has 0 aromatic heterocycles. The highest BCUT2D eigenvalue weighted by atomic mass is 32.2. The zero-order valence-electron chi connectivity index (χ0n) is 8.41. The third-order valence-corrected chi connectivity index (χ3v) is 3.09. The summed E-state index contributed by atoms with van der Waals surface area (Å²) in [6.07, 6.45) is 0. The van der Waals surface area contributed by atoms with Crippen LogP contribution in [0, 0.1) is 12.7 Å². The minimum Gasteiger partial charge on any atom is -0.207 e. The van der Waals surface area contributed by atoms with Crippen molar-refractivity contribution in [2.24, 2.45) is 0 Å². The van der Waals surface area contributed by atoms with Crippen LogP contribution in [0.5, 0.6) is 0 Å².